The van der Waals surface area contributed by atoms with Crippen LogP contribution in [0.4, 0.5) is 11.4 Å². The first kappa shape index (κ1) is 18.4. The van der Waals surface area contributed by atoms with E-state index in [4.69, 9.17) is 9.47 Å². The second kappa shape index (κ2) is 8.35. The van der Waals surface area contributed by atoms with Gasteiger partial charge >= 0.3 is 5.97 Å². The van der Waals surface area contributed by atoms with Crippen molar-refractivity contribution < 1.29 is 23.9 Å². The molecule has 1 fully saturated rings. The van der Waals surface area contributed by atoms with Crippen molar-refractivity contribution in [3.63, 3.8) is 0 Å². The smallest absolute Gasteiger partial charge is 0.311 e. The average Bonchev–Trinajstić information content (AvgIpc) is 3.09. The summed E-state index contributed by atoms with van der Waals surface area (Å²) in [6, 6.07) is 15.9. The third-order valence-corrected chi connectivity index (χ3v) is 4.25. The molecule has 3 rings (SSSR count). The fourth-order valence-electron chi connectivity index (χ4n) is 2.85. The van der Waals surface area contributed by atoms with Gasteiger partial charge in [-0.2, -0.15) is 0 Å². The van der Waals surface area contributed by atoms with Gasteiger partial charge in [-0.1, -0.05) is 18.2 Å². The normalized spacial score (nSPS) is 16.1. The van der Waals surface area contributed by atoms with E-state index < -0.39 is 17.8 Å². The quantitative estimate of drug-likeness (QED) is 0.791. The lowest BCUT2D eigenvalue weighted by Crippen LogP contribution is -2.28. The number of carbonyl (C=O) groups excluding carboxylic acids is 3. The van der Waals surface area contributed by atoms with Crippen LogP contribution >= 0.6 is 0 Å². The van der Waals surface area contributed by atoms with Crippen LogP contribution in [0, 0.1) is 5.92 Å². The molecule has 1 N–H and O–H groups in total. The van der Waals surface area contributed by atoms with E-state index in [0.717, 1.165) is 0 Å². The van der Waals surface area contributed by atoms with E-state index in [1.807, 2.05) is 6.07 Å². The molecule has 1 aliphatic rings. The Hall–Kier alpha value is -3.35. The molecule has 2 amide bonds. The Morgan fingerprint density at radius 1 is 1.11 bits per heavy atom. The number of ether oxygens (including phenoxy) is 2. The van der Waals surface area contributed by atoms with Crippen LogP contribution in [0.1, 0.15) is 6.42 Å². The molecule has 0 radical (unpaired) electrons. The van der Waals surface area contributed by atoms with Gasteiger partial charge in [0.15, 0.2) is 6.61 Å². The number of rotatable bonds is 6. The summed E-state index contributed by atoms with van der Waals surface area (Å²) in [6.07, 6.45) is 0.0607. The van der Waals surface area contributed by atoms with Crippen LogP contribution in [0.3, 0.4) is 0 Å². The molecule has 0 saturated carbocycles. The molecule has 0 unspecified atom stereocenters. The molecule has 0 aliphatic carbocycles. The molecular weight excluding hydrogens is 348 g/mol. The largest absolute Gasteiger partial charge is 0.497 e. The highest BCUT2D eigenvalue weighted by molar-refractivity contribution is 6.00. The molecule has 2 aromatic carbocycles. The molecule has 1 saturated heterocycles. The number of para-hydroxylation sites is 1. The Morgan fingerprint density at radius 2 is 1.81 bits per heavy atom. The standard InChI is InChI=1S/C20H20N2O5/c1-26-17-9-7-16(8-10-17)22-12-14(11-19(22)24)20(25)27-13-18(23)21-15-5-3-2-4-6-15/h2-10,14H,11-13H2,1H3,(H,21,23)/t14-/m1/s1. The Balaban J connectivity index is 1.51. The molecule has 0 aromatic heterocycles. The Bertz CT molecular complexity index is 820. The van der Waals surface area contributed by atoms with E-state index >= 15 is 0 Å². The first-order valence-corrected chi connectivity index (χ1v) is 8.53. The van der Waals surface area contributed by atoms with Crippen molar-refractivity contribution in [2.45, 2.75) is 6.42 Å². The van der Waals surface area contributed by atoms with Crippen molar-refractivity contribution in [1.82, 2.24) is 0 Å². The summed E-state index contributed by atoms with van der Waals surface area (Å²) in [6.45, 7) is -0.161. The average molecular weight is 368 g/mol. The van der Waals surface area contributed by atoms with Gasteiger partial charge in [-0.15, -0.1) is 0 Å². The number of nitrogens with one attached hydrogen (secondary N) is 1. The van der Waals surface area contributed by atoms with Gasteiger partial charge in [-0.3, -0.25) is 14.4 Å². The van der Waals surface area contributed by atoms with Crippen LogP contribution < -0.4 is 15.0 Å². The van der Waals surface area contributed by atoms with Crippen molar-refractivity contribution in [2.75, 3.05) is 30.5 Å². The van der Waals surface area contributed by atoms with Gasteiger partial charge in [0.05, 0.1) is 13.0 Å². The van der Waals surface area contributed by atoms with Crippen LogP contribution in [0.5, 0.6) is 5.75 Å². The zero-order chi connectivity index (χ0) is 19.2. The lowest BCUT2D eigenvalue weighted by atomic mass is 10.1. The SMILES string of the molecule is COc1ccc(N2C[C@H](C(=O)OCC(=O)Nc3ccccc3)CC2=O)cc1. The maximum atomic E-state index is 12.2. The minimum atomic E-state index is -0.593. The van der Waals surface area contributed by atoms with Gasteiger partial charge in [-0.25, -0.2) is 0 Å². The molecule has 0 bridgehead atoms. The van der Waals surface area contributed by atoms with E-state index in [0.29, 0.717) is 17.1 Å². The summed E-state index contributed by atoms with van der Waals surface area (Å²) >= 11 is 0. The number of hydrogen-bond acceptors (Lipinski definition) is 5. The molecule has 1 aliphatic heterocycles. The van der Waals surface area contributed by atoms with Crippen LogP contribution in [0.15, 0.2) is 54.6 Å². The monoisotopic (exact) mass is 368 g/mol. The number of methoxy groups -OCH3 is 1. The number of esters is 1. The summed E-state index contributed by atoms with van der Waals surface area (Å²) in [5.74, 6) is -1.04. The molecule has 27 heavy (non-hydrogen) atoms. The van der Waals surface area contributed by atoms with Crippen LogP contribution in [0.2, 0.25) is 0 Å². The van der Waals surface area contributed by atoms with Crippen molar-refractivity contribution in [2.24, 2.45) is 5.92 Å². The zero-order valence-electron chi connectivity index (χ0n) is 14.9. The van der Waals surface area contributed by atoms with Crippen LogP contribution in [-0.2, 0) is 19.1 Å². The van der Waals surface area contributed by atoms with Crippen molar-refractivity contribution in [3.8, 4) is 5.75 Å². The fourth-order valence-corrected chi connectivity index (χ4v) is 2.85. The van der Waals surface area contributed by atoms with Crippen LogP contribution in [-0.4, -0.2) is 38.0 Å². The Labute approximate surface area is 156 Å². The predicted molar refractivity (Wildman–Crippen MR) is 99.5 cm³/mol. The first-order valence-electron chi connectivity index (χ1n) is 8.53. The predicted octanol–water partition coefficient (Wildman–Crippen LogP) is 2.23. The minimum absolute atomic E-state index is 0.0607. The number of nitrogens with zero attached hydrogens (tertiary/aromatic N) is 1. The lowest BCUT2D eigenvalue weighted by Gasteiger charge is -2.16. The van der Waals surface area contributed by atoms with E-state index in [-0.39, 0.29) is 25.5 Å². The molecule has 140 valence electrons. The number of anilines is 2. The lowest BCUT2D eigenvalue weighted by molar-refractivity contribution is -0.151. The highest BCUT2D eigenvalue weighted by atomic mass is 16.5. The molecule has 7 nitrogen and oxygen atoms in total. The molecule has 1 heterocycles. The summed E-state index contributed by atoms with van der Waals surface area (Å²) in [5, 5.41) is 2.64. The first-order chi connectivity index (χ1) is 13.1. The molecule has 2 aromatic rings. The maximum Gasteiger partial charge on any atom is 0.311 e. The Morgan fingerprint density at radius 3 is 2.48 bits per heavy atom. The number of hydrogen-bond donors (Lipinski definition) is 1. The van der Waals surface area contributed by atoms with Gasteiger partial charge in [0.25, 0.3) is 5.91 Å². The van der Waals surface area contributed by atoms with E-state index in [1.54, 1.807) is 55.6 Å². The number of benzene rings is 2. The van der Waals surface area contributed by atoms with E-state index in [9.17, 15) is 14.4 Å². The van der Waals surface area contributed by atoms with Gasteiger partial charge < -0.3 is 19.7 Å². The van der Waals surface area contributed by atoms with E-state index in [1.165, 1.54) is 4.90 Å². The van der Waals surface area contributed by atoms with Crippen molar-refractivity contribution in [1.29, 1.82) is 0 Å². The highest BCUT2D eigenvalue weighted by Gasteiger charge is 2.36. The second-order valence-electron chi connectivity index (χ2n) is 6.13. The maximum absolute atomic E-state index is 12.2. The van der Waals surface area contributed by atoms with Crippen LogP contribution in [0.25, 0.3) is 0 Å². The summed E-state index contributed by atoms with van der Waals surface area (Å²) in [4.78, 5) is 37.9. The van der Waals surface area contributed by atoms with Gasteiger partial charge in [0.2, 0.25) is 5.91 Å². The Kier molecular flexibility index (Phi) is 5.71. The number of amides is 2. The molecule has 7 heteroatoms. The zero-order valence-corrected chi connectivity index (χ0v) is 14.9. The summed E-state index contributed by atoms with van der Waals surface area (Å²) < 4.78 is 10.2. The summed E-state index contributed by atoms with van der Waals surface area (Å²) in [5.41, 5.74) is 1.32. The van der Waals surface area contributed by atoms with Gasteiger partial charge in [-0.05, 0) is 36.4 Å². The van der Waals surface area contributed by atoms with Crippen molar-refractivity contribution in [3.05, 3.63) is 54.6 Å². The molecular formula is C20H20N2O5. The topological polar surface area (TPSA) is 84.9 Å². The minimum Gasteiger partial charge on any atom is -0.497 e. The van der Waals surface area contributed by atoms with Gasteiger partial charge in [0.1, 0.15) is 5.75 Å². The molecule has 0 spiro atoms. The number of carbonyl (C=O) groups is 3. The summed E-state index contributed by atoms with van der Waals surface area (Å²) in [7, 11) is 1.57. The fraction of sp³-hybridized carbons (Fsp3) is 0.250. The van der Waals surface area contributed by atoms with Crippen molar-refractivity contribution >= 4 is 29.2 Å². The third kappa shape index (κ3) is 4.63. The van der Waals surface area contributed by atoms with Gasteiger partial charge in [0, 0.05) is 24.3 Å². The third-order valence-electron chi connectivity index (χ3n) is 4.25. The second-order valence-corrected chi connectivity index (χ2v) is 6.13. The molecule has 1 atom stereocenters. The van der Waals surface area contributed by atoms with E-state index in [2.05, 4.69) is 5.32 Å². The highest BCUT2D eigenvalue weighted by Crippen LogP contribution is 2.27.